The van der Waals surface area contributed by atoms with Crippen LogP contribution in [0.1, 0.15) is 26.2 Å². The fourth-order valence-corrected chi connectivity index (χ4v) is 1.55. The summed E-state index contributed by atoms with van der Waals surface area (Å²) in [7, 11) is 0. The zero-order valence-electron chi connectivity index (χ0n) is 7.12. The molecule has 1 fully saturated rings. The van der Waals surface area contributed by atoms with E-state index in [2.05, 4.69) is 18.8 Å². The summed E-state index contributed by atoms with van der Waals surface area (Å²) in [4.78, 5) is 0. The molecular formula is C9H16ClN. The van der Waals surface area contributed by atoms with Crippen LogP contribution in [0.25, 0.3) is 0 Å². The number of nitrogens with one attached hydrogen (secondary N) is 1. The third-order valence-electron chi connectivity index (χ3n) is 2.43. The smallest absolute Gasteiger partial charge is 0.0307 e. The highest BCUT2D eigenvalue weighted by atomic mass is 35.5. The molecule has 0 aromatic rings. The Labute approximate surface area is 73.8 Å². The maximum atomic E-state index is 5.61. The summed E-state index contributed by atoms with van der Waals surface area (Å²) in [6, 6.07) is 0. The Bertz CT molecular complexity index is 150. The molecule has 11 heavy (non-hydrogen) atoms. The van der Waals surface area contributed by atoms with Crippen molar-refractivity contribution in [2.45, 2.75) is 26.2 Å². The number of hydrogen-bond donors (Lipinski definition) is 1. The van der Waals surface area contributed by atoms with Crippen LogP contribution in [0.2, 0.25) is 0 Å². The molecule has 1 aliphatic carbocycles. The first kappa shape index (κ1) is 9.08. The molecule has 0 radical (unpaired) electrons. The number of rotatable bonds is 4. The van der Waals surface area contributed by atoms with Gasteiger partial charge >= 0.3 is 0 Å². The van der Waals surface area contributed by atoms with Gasteiger partial charge in [-0.25, -0.2) is 0 Å². The summed E-state index contributed by atoms with van der Waals surface area (Å²) < 4.78 is 0. The molecule has 0 amide bonds. The van der Waals surface area contributed by atoms with Crippen LogP contribution in [-0.2, 0) is 0 Å². The fourth-order valence-electron chi connectivity index (χ4n) is 1.46. The first-order valence-corrected chi connectivity index (χ1v) is 4.54. The zero-order valence-corrected chi connectivity index (χ0v) is 7.88. The van der Waals surface area contributed by atoms with E-state index in [1.54, 1.807) is 0 Å². The van der Waals surface area contributed by atoms with Gasteiger partial charge in [0, 0.05) is 18.1 Å². The average Bonchev–Trinajstić information content (AvgIpc) is 1.83. The largest absolute Gasteiger partial charge is 0.311 e. The van der Waals surface area contributed by atoms with Crippen molar-refractivity contribution in [3.63, 3.8) is 0 Å². The lowest BCUT2D eigenvalue weighted by molar-refractivity contribution is 0.159. The fraction of sp³-hybridized carbons (Fsp3) is 0.778. The van der Waals surface area contributed by atoms with Crippen LogP contribution in [0.3, 0.4) is 0 Å². The van der Waals surface area contributed by atoms with E-state index >= 15 is 0 Å². The highest BCUT2D eigenvalue weighted by Gasteiger charge is 2.30. The minimum atomic E-state index is 0.548. The molecular weight excluding hydrogens is 158 g/mol. The second-order valence-corrected chi connectivity index (χ2v) is 4.32. The average molecular weight is 174 g/mol. The van der Waals surface area contributed by atoms with Crippen molar-refractivity contribution in [3.05, 3.63) is 11.6 Å². The van der Waals surface area contributed by atoms with E-state index in [1.165, 1.54) is 19.3 Å². The lowest BCUT2D eigenvalue weighted by Gasteiger charge is -2.38. The molecule has 1 saturated carbocycles. The van der Waals surface area contributed by atoms with Crippen LogP contribution in [0.5, 0.6) is 0 Å². The molecule has 0 atom stereocenters. The van der Waals surface area contributed by atoms with Crippen LogP contribution in [-0.4, -0.2) is 13.1 Å². The van der Waals surface area contributed by atoms with Crippen LogP contribution in [0, 0.1) is 5.41 Å². The Morgan fingerprint density at radius 3 is 2.64 bits per heavy atom. The summed E-state index contributed by atoms with van der Waals surface area (Å²) >= 11 is 5.61. The number of hydrogen-bond acceptors (Lipinski definition) is 1. The highest BCUT2D eigenvalue weighted by Crippen LogP contribution is 2.39. The normalized spacial score (nSPS) is 20.9. The van der Waals surface area contributed by atoms with E-state index in [9.17, 15) is 0 Å². The van der Waals surface area contributed by atoms with Crippen LogP contribution >= 0.6 is 11.6 Å². The summed E-state index contributed by atoms with van der Waals surface area (Å²) in [5, 5.41) is 4.00. The molecule has 0 aromatic heterocycles. The van der Waals surface area contributed by atoms with Gasteiger partial charge in [-0.3, -0.25) is 0 Å². The van der Waals surface area contributed by atoms with Gasteiger partial charge in [-0.1, -0.05) is 31.5 Å². The molecule has 1 rings (SSSR count). The highest BCUT2D eigenvalue weighted by molar-refractivity contribution is 6.29. The van der Waals surface area contributed by atoms with Crippen molar-refractivity contribution < 1.29 is 0 Å². The third kappa shape index (κ3) is 2.84. The summed E-state index contributed by atoms with van der Waals surface area (Å²) in [5.41, 5.74) is 0.548. The zero-order chi connectivity index (χ0) is 8.32. The van der Waals surface area contributed by atoms with Crippen molar-refractivity contribution in [2.75, 3.05) is 13.1 Å². The summed E-state index contributed by atoms with van der Waals surface area (Å²) in [6.45, 7) is 7.77. The van der Waals surface area contributed by atoms with Gasteiger partial charge in [-0.05, 0) is 18.3 Å². The van der Waals surface area contributed by atoms with Gasteiger partial charge in [-0.15, -0.1) is 0 Å². The maximum Gasteiger partial charge on any atom is 0.0307 e. The Kier molecular flexibility index (Phi) is 2.97. The predicted molar refractivity (Wildman–Crippen MR) is 49.8 cm³/mol. The summed E-state index contributed by atoms with van der Waals surface area (Å²) in [5.74, 6) is 0. The molecule has 0 unspecified atom stereocenters. The molecule has 0 aliphatic heterocycles. The van der Waals surface area contributed by atoms with E-state index in [0.717, 1.165) is 13.1 Å². The van der Waals surface area contributed by atoms with Gasteiger partial charge in [0.1, 0.15) is 0 Å². The Hall–Kier alpha value is -0.0100. The molecule has 64 valence electrons. The van der Waals surface area contributed by atoms with E-state index in [1.807, 2.05) is 0 Å². The Balaban J connectivity index is 2.07. The molecule has 0 aromatic carbocycles. The van der Waals surface area contributed by atoms with Gasteiger partial charge in [0.25, 0.3) is 0 Å². The quantitative estimate of drug-likeness (QED) is 0.689. The standard InChI is InChI=1S/C9H16ClN/c1-8(10)6-11-7-9(2)4-3-5-9/h11H,1,3-7H2,2H3. The lowest BCUT2D eigenvalue weighted by atomic mass is 9.70. The van der Waals surface area contributed by atoms with Crippen molar-refractivity contribution in [3.8, 4) is 0 Å². The molecule has 0 heterocycles. The van der Waals surface area contributed by atoms with Gasteiger partial charge < -0.3 is 5.32 Å². The van der Waals surface area contributed by atoms with Crippen molar-refractivity contribution >= 4 is 11.6 Å². The van der Waals surface area contributed by atoms with Gasteiger partial charge in [-0.2, -0.15) is 0 Å². The number of halogens is 1. The van der Waals surface area contributed by atoms with Crippen LogP contribution in [0.4, 0.5) is 0 Å². The lowest BCUT2D eigenvalue weighted by Crippen LogP contribution is -2.37. The third-order valence-corrected chi connectivity index (χ3v) is 2.56. The van der Waals surface area contributed by atoms with E-state index in [-0.39, 0.29) is 0 Å². The minimum absolute atomic E-state index is 0.548. The van der Waals surface area contributed by atoms with Gasteiger partial charge in [0.05, 0.1) is 0 Å². The molecule has 0 bridgehead atoms. The second-order valence-electron chi connectivity index (χ2n) is 3.79. The van der Waals surface area contributed by atoms with Crippen molar-refractivity contribution in [1.29, 1.82) is 0 Å². The van der Waals surface area contributed by atoms with Gasteiger partial charge in [0.2, 0.25) is 0 Å². The molecule has 2 heteroatoms. The van der Waals surface area contributed by atoms with Crippen molar-refractivity contribution in [2.24, 2.45) is 5.41 Å². The maximum absolute atomic E-state index is 5.61. The van der Waals surface area contributed by atoms with E-state index in [4.69, 9.17) is 11.6 Å². The SMILES string of the molecule is C=C(Cl)CNCC1(C)CCC1. The van der Waals surface area contributed by atoms with Crippen molar-refractivity contribution in [1.82, 2.24) is 5.32 Å². The molecule has 0 spiro atoms. The predicted octanol–water partition coefficient (Wildman–Crippen LogP) is 2.52. The first-order valence-electron chi connectivity index (χ1n) is 4.16. The van der Waals surface area contributed by atoms with E-state index in [0.29, 0.717) is 10.4 Å². The molecule has 1 aliphatic rings. The molecule has 1 nitrogen and oxygen atoms in total. The van der Waals surface area contributed by atoms with Crippen LogP contribution in [0.15, 0.2) is 11.6 Å². The minimum Gasteiger partial charge on any atom is -0.311 e. The topological polar surface area (TPSA) is 12.0 Å². The summed E-state index contributed by atoms with van der Waals surface area (Å²) in [6.07, 6.45) is 4.10. The first-order chi connectivity index (χ1) is 5.12. The van der Waals surface area contributed by atoms with Gasteiger partial charge in [0.15, 0.2) is 0 Å². The molecule has 0 saturated heterocycles. The Morgan fingerprint density at radius 2 is 2.27 bits per heavy atom. The molecule has 1 N–H and O–H groups in total. The monoisotopic (exact) mass is 173 g/mol. The second kappa shape index (κ2) is 3.59. The van der Waals surface area contributed by atoms with E-state index < -0.39 is 0 Å². The van der Waals surface area contributed by atoms with Crippen LogP contribution < -0.4 is 5.32 Å². The Morgan fingerprint density at radius 1 is 1.64 bits per heavy atom.